The summed E-state index contributed by atoms with van der Waals surface area (Å²) in [5, 5.41) is 12.3. The summed E-state index contributed by atoms with van der Waals surface area (Å²) in [6, 6.07) is -0.264. The van der Waals surface area contributed by atoms with E-state index in [-0.39, 0.29) is 11.9 Å². The van der Waals surface area contributed by atoms with Gasteiger partial charge in [-0.25, -0.2) is 0 Å². The summed E-state index contributed by atoms with van der Waals surface area (Å²) >= 11 is 0. The highest BCUT2D eigenvalue weighted by Gasteiger charge is 2.51. The normalized spacial score (nSPS) is 33.8. The Morgan fingerprint density at radius 3 is 2.50 bits per heavy atom. The van der Waals surface area contributed by atoms with Crippen LogP contribution >= 0.6 is 0 Å². The third kappa shape index (κ3) is 2.11. The van der Waals surface area contributed by atoms with Crippen molar-refractivity contribution in [3.8, 4) is 0 Å². The van der Waals surface area contributed by atoms with E-state index in [1.54, 1.807) is 6.92 Å². The van der Waals surface area contributed by atoms with Gasteiger partial charge < -0.3 is 16.2 Å². The molecule has 5 heteroatoms. The van der Waals surface area contributed by atoms with E-state index in [9.17, 15) is 14.7 Å². The molecular weight excluding hydrogens is 232 g/mol. The average molecular weight is 254 g/mol. The van der Waals surface area contributed by atoms with Crippen molar-refractivity contribution >= 4 is 11.9 Å². The zero-order valence-corrected chi connectivity index (χ0v) is 10.9. The smallest absolute Gasteiger partial charge is 0.311 e. The van der Waals surface area contributed by atoms with Crippen molar-refractivity contribution in [2.24, 2.45) is 16.6 Å². The molecule has 1 amide bonds. The van der Waals surface area contributed by atoms with E-state index < -0.39 is 16.8 Å². The van der Waals surface area contributed by atoms with Crippen molar-refractivity contribution in [2.45, 2.75) is 51.5 Å². The Morgan fingerprint density at radius 1 is 1.33 bits per heavy atom. The van der Waals surface area contributed by atoms with E-state index >= 15 is 0 Å². The highest BCUT2D eigenvalue weighted by atomic mass is 16.4. The minimum Gasteiger partial charge on any atom is -0.481 e. The van der Waals surface area contributed by atoms with Crippen molar-refractivity contribution in [3.63, 3.8) is 0 Å². The molecule has 2 fully saturated rings. The second-order valence-corrected chi connectivity index (χ2v) is 5.98. The molecule has 0 spiro atoms. The molecule has 0 radical (unpaired) electrons. The summed E-state index contributed by atoms with van der Waals surface area (Å²) < 4.78 is 0. The van der Waals surface area contributed by atoms with Crippen LogP contribution < -0.4 is 11.1 Å². The second kappa shape index (κ2) is 4.53. The van der Waals surface area contributed by atoms with Gasteiger partial charge in [0.1, 0.15) is 0 Å². The van der Waals surface area contributed by atoms with Crippen LogP contribution in [0.25, 0.3) is 0 Å². The fourth-order valence-electron chi connectivity index (χ4n) is 2.81. The standard InChI is InChI=1S/C13H22N2O3/c1-12(11(17)18)5-3-2-4-9(12)15-10(16)13(8-14)6-7-13/h9H,2-8,14H2,1H3,(H,15,16)(H,17,18). The quantitative estimate of drug-likeness (QED) is 0.694. The highest BCUT2D eigenvalue weighted by Crippen LogP contribution is 2.45. The van der Waals surface area contributed by atoms with Gasteiger partial charge in [-0.05, 0) is 32.6 Å². The molecule has 0 aromatic heterocycles. The van der Waals surface area contributed by atoms with E-state index in [1.807, 2.05) is 0 Å². The maximum Gasteiger partial charge on any atom is 0.311 e. The van der Waals surface area contributed by atoms with Crippen molar-refractivity contribution < 1.29 is 14.7 Å². The molecule has 2 atom stereocenters. The molecule has 0 bridgehead atoms. The first kappa shape index (κ1) is 13.3. The Balaban J connectivity index is 2.07. The second-order valence-electron chi connectivity index (χ2n) is 5.98. The van der Waals surface area contributed by atoms with Gasteiger partial charge in [0.25, 0.3) is 0 Å². The summed E-state index contributed by atoms with van der Waals surface area (Å²) in [5.41, 5.74) is 4.38. The Morgan fingerprint density at radius 2 is 2.00 bits per heavy atom. The first-order chi connectivity index (χ1) is 8.44. The first-order valence-corrected chi connectivity index (χ1v) is 6.69. The summed E-state index contributed by atoms with van der Waals surface area (Å²) in [7, 11) is 0. The van der Waals surface area contributed by atoms with E-state index in [0.717, 1.165) is 32.1 Å². The Labute approximate surface area is 107 Å². The number of aliphatic carboxylic acids is 1. The lowest BCUT2D eigenvalue weighted by Crippen LogP contribution is -2.54. The number of carboxylic acids is 1. The van der Waals surface area contributed by atoms with Crippen LogP contribution in [0.5, 0.6) is 0 Å². The van der Waals surface area contributed by atoms with Gasteiger partial charge in [0.15, 0.2) is 0 Å². The number of nitrogens with two attached hydrogens (primary N) is 1. The van der Waals surface area contributed by atoms with Gasteiger partial charge in [0, 0.05) is 12.6 Å². The fraction of sp³-hybridized carbons (Fsp3) is 0.846. The molecule has 0 aromatic carbocycles. The molecule has 0 aromatic rings. The Hall–Kier alpha value is -1.10. The van der Waals surface area contributed by atoms with E-state index in [4.69, 9.17) is 5.73 Å². The van der Waals surface area contributed by atoms with Crippen LogP contribution in [-0.4, -0.2) is 29.6 Å². The molecule has 0 aliphatic heterocycles. The molecule has 0 saturated heterocycles. The van der Waals surface area contributed by atoms with Crippen molar-refractivity contribution in [2.75, 3.05) is 6.54 Å². The highest BCUT2D eigenvalue weighted by molar-refractivity contribution is 5.87. The maximum absolute atomic E-state index is 12.2. The number of nitrogens with one attached hydrogen (secondary N) is 1. The van der Waals surface area contributed by atoms with Gasteiger partial charge in [0.2, 0.25) is 5.91 Å². The van der Waals surface area contributed by atoms with Crippen LogP contribution in [0.4, 0.5) is 0 Å². The lowest BCUT2D eigenvalue weighted by atomic mass is 9.71. The summed E-state index contributed by atoms with van der Waals surface area (Å²) in [4.78, 5) is 23.6. The van der Waals surface area contributed by atoms with Gasteiger partial charge >= 0.3 is 5.97 Å². The number of carboxylic acid groups (broad SMARTS) is 1. The lowest BCUT2D eigenvalue weighted by Gasteiger charge is -2.39. The predicted molar refractivity (Wildman–Crippen MR) is 66.9 cm³/mol. The van der Waals surface area contributed by atoms with E-state index in [0.29, 0.717) is 13.0 Å². The lowest BCUT2D eigenvalue weighted by molar-refractivity contribution is -0.152. The van der Waals surface area contributed by atoms with Crippen LogP contribution in [0.3, 0.4) is 0 Å². The molecule has 2 aliphatic rings. The Kier molecular flexibility index (Phi) is 3.36. The predicted octanol–water partition coefficient (Wildman–Crippen LogP) is 0.875. The number of amides is 1. The van der Waals surface area contributed by atoms with Crippen LogP contribution in [-0.2, 0) is 9.59 Å². The molecule has 0 heterocycles. The van der Waals surface area contributed by atoms with E-state index in [2.05, 4.69) is 5.32 Å². The number of carbonyl (C=O) groups is 2. The zero-order valence-electron chi connectivity index (χ0n) is 10.9. The SMILES string of the molecule is CC1(C(=O)O)CCCCC1NC(=O)C1(CN)CC1. The number of hydrogen-bond acceptors (Lipinski definition) is 3. The minimum atomic E-state index is -0.835. The van der Waals surface area contributed by atoms with Gasteiger partial charge in [-0.15, -0.1) is 0 Å². The summed E-state index contributed by atoms with van der Waals surface area (Å²) in [6.45, 7) is 2.09. The van der Waals surface area contributed by atoms with Crippen molar-refractivity contribution in [1.29, 1.82) is 0 Å². The molecule has 2 saturated carbocycles. The maximum atomic E-state index is 12.2. The molecule has 2 unspecified atom stereocenters. The molecule has 2 rings (SSSR count). The molecule has 2 aliphatic carbocycles. The fourth-order valence-corrected chi connectivity index (χ4v) is 2.81. The zero-order chi connectivity index (χ0) is 13.4. The largest absolute Gasteiger partial charge is 0.481 e. The molecule has 4 N–H and O–H groups in total. The average Bonchev–Trinajstić information content (AvgIpc) is 3.13. The molecule has 5 nitrogen and oxygen atoms in total. The number of rotatable bonds is 4. The Bertz CT molecular complexity index is 365. The number of carbonyl (C=O) groups excluding carboxylic acids is 1. The molecule has 102 valence electrons. The van der Waals surface area contributed by atoms with Crippen molar-refractivity contribution in [1.82, 2.24) is 5.32 Å². The van der Waals surface area contributed by atoms with E-state index in [1.165, 1.54) is 0 Å². The minimum absolute atomic E-state index is 0.0515. The monoisotopic (exact) mass is 254 g/mol. The van der Waals surface area contributed by atoms with Gasteiger partial charge in [-0.3, -0.25) is 9.59 Å². The first-order valence-electron chi connectivity index (χ1n) is 6.69. The third-order valence-electron chi connectivity index (χ3n) is 4.73. The van der Waals surface area contributed by atoms with Crippen LogP contribution in [0.2, 0.25) is 0 Å². The van der Waals surface area contributed by atoms with Crippen LogP contribution in [0.1, 0.15) is 45.4 Å². The number of hydrogen-bond donors (Lipinski definition) is 3. The van der Waals surface area contributed by atoms with Gasteiger partial charge in [0.05, 0.1) is 10.8 Å². The van der Waals surface area contributed by atoms with Crippen LogP contribution in [0, 0.1) is 10.8 Å². The third-order valence-corrected chi connectivity index (χ3v) is 4.73. The van der Waals surface area contributed by atoms with Crippen molar-refractivity contribution in [3.05, 3.63) is 0 Å². The topological polar surface area (TPSA) is 92.4 Å². The van der Waals surface area contributed by atoms with Crippen LogP contribution in [0.15, 0.2) is 0 Å². The van der Waals surface area contributed by atoms with Gasteiger partial charge in [-0.1, -0.05) is 12.8 Å². The summed E-state index contributed by atoms with van der Waals surface area (Å²) in [5.74, 6) is -0.866. The molecule has 18 heavy (non-hydrogen) atoms. The molecular formula is C13H22N2O3. The summed E-state index contributed by atoms with van der Waals surface area (Å²) in [6.07, 6.45) is 4.91. The van der Waals surface area contributed by atoms with Gasteiger partial charge in [-0.2, -0.15) is 0 Å².